The molecule has 5 heteroatoms. The number of hydrogen-bond acceptors (Lipinski definition) is 3. The largest absolute Gasteiger partial charge is 0.387 e. The molecule has 2 aromatic carbocycles. The van der Waals surface area contributed by atoms with Crippen LogP contribution in [0.1, 0.15) is 32.8 Å². The molecular formula is C22H26ClN3O. The standard InChI is InChI=1S/C22H26ClN3O/c1-21(2,3)22(27,14-26-16-24-15-25-26)13-12-17-8-10-18(11-9-17)19-6-4-5-7-20(19)23/h4-11,15-16,27H,12-14H2,1-3H3. The van der Waals surface area contributed by atoms with Gasteiger partial charge in [-0.3, -0.25) is 4.68 Å². The number of benzene rings is 2. The highest BCUT2D eigenvalue weighted by Gasteiger charge is 2.40. The summed E-state index contributed by atoms with van der Waals surface area (Å²) in [6.07, 6.45) is 4.57. The maximum atomic E-state index is 11.3. The van der Waals surface area contributed by atoms with Crippen LogP contribution in [-0.2, 0) is 13.0 Å². The third kappa shape index (κ3) is 4.57. The quantitative estimate of drug-likeness (QED) is 0.651. The van der Waals surface area contributed by atoms with E-state index in [4.69, 9.17) is 11.6 Å². The normalized spacial score (nSPS) is 14.1. The highest BCUT2D eigenvalue weighted by atomic mass is 35.5. The lowest BCUT2D eigenvalue weighted by molar-refractivity contribution is -0.0796. The molecule has 0 aliphatic rings. The van der Waals surface area contributed by atoms with Gasteiger partial charge in [0.05, 0.1) is 12.1 Å². The Balaban J connectivity index is 1.73. The predicted molar refractivity (Wildman–Crippen MR) is 110 cm³/mol. The molecule has 1 heterocycles. The second kappa shape index (κ2) is 7.83. The zero-order valence-electron chi connectivity index (χ0n) is 16.1. The number of aromatic nitrogens is 3. The van der Waals surface area contributed by atoms with E-state index >= 15 is 0 Å². The zero-order chi connectivity index (χ0) is 19.5. The van der Waals surface area contributed by atoms with Crippen LogP contribution in [0.4, 0.5) is 0 Å². The van der Waals surface area contributed by atoms with Crippen molar-refractivity contribution < 1.29 is 5.11 Å². The van der Waals surface area contributed by atoms with E-state index in [0.717, 1.165) is 22.6 Å². The Labute approximate surface area is 165 Å². The van der Waals surface area contributed by atoms with Gasteiger partial charge in [-0.15, -0.1) is 0 Å². The fraction of sp³-hybridized carbons (Fsp3) is 0.364. The first-order chi connectivity index (χ1) is 12.8. The Morgan fingerprint density at radius 2 is 1.74 bits per heavy atom. The molecule has 4 nitrogen and oxygen atoms in total. The average molecular weight is 384 g/mol. The van der Waals surface area contributed by atoms with Crippen molar-refractivity contribution in [2.75, 3.05) is 0 Å². The molecule has 1 N–H and O–H groups in total. The molecule has 0 spiro atoms. The molecule has 142 valence electrons. The summed E-state index contributed by atoms with van der Waals surface area (Å²) in [6, 6.07) is 16.2. The van der Waals surface area contributed by atoms with Gasteiger partial charge in [0.1, 0.15) is 12.7 Å². The van der Waals surface area contributed by atoms with Crippen molar-refractivity contribution in [2.24, 2.45) is 5.41 Å². The van der Waals surface area contributed by atoms with Gasteiger partial charge < -0.3 is 5.11 Å². The molecule has 0 saturated carbocycles. The van der Waals surface area contributed by atoms with Crippen molar-refractivity contribution in [1.29, 1.82) is 0 Å². The zero-order valence-corrected chi connectivity index (χ0v) is 16.8. The van der Waals surface area contributed by atoms with Crippen LogP contribution in [0.5, 0.6) is 0 Å². The van der Waals surface area contributed by atoms with E-state index in [9.17, 15) is 5.11 Å². The summed E-state index contributed by atoms with van der Waals surface area (Å²) in [5.41, 5.74) is 2.15. The summed E-state index contributed by atoms with van der Waals surface area (Å²) < 4.78 is 1.70. The number of rotatable bonds is 6. The van der Waals surface area contributed by atoms with Gasteiger partial charge in [-0.1, -0.05) is 74.8 Å². The van der Waals surface area contributed by atoms with E-state index in [1.54, 1.807) is 11.0 Å². The number of halogens is 1. The van der Waals surface area contributed by atoms with Crippen molar-refractivity contribution in [2.45, 2.75) is 45.8 Å². The summed E-state index contributed by atoms with van der Waals surface area (Å²) in [7, 11) is 0. The molecule has 0 bridgehead atoms. The lowest BCUT2D eigenvalue weighted by atomic mass is 9.73. The van der Waals surface area contributed by atoms with Crippen LogP contribution in [0, 0.1) is 5.41 Å². The van der Waals surface area contributed by atoms with Crippen molar-refractivity contribution >= 4 is 11.6 Å². The Morgan fingerprint density at radius 1 is 1.04 bits per heavy atom. The van der Waals surface area contributed by atoms with Crippen LogP contribution < -0.4 is 0 Å². The van der Waals surface area contributed by atoms with Gasteiger partial charge in [0.2, 0.25) is 0 Å². The van der Waals surface area contributed by atoms with Gasteiger partial charge in [0, 0.05) is 10.6 Å². The molecule has 1 aromatic heterocycles. The van der Waals surface area contributed by atoms with E-state index < -0.39 is 5.60 Å². The molecule has 0 saturated heterocycles. The van der Waals surface area contributed by atoms with Gasteiger partial charge in [-0.05, 0) is 35.4 Å². The molecule has 27 heavy (non-hydrogen) atoms. The monoisotopic (exact) mass is 383 g/mol. The molecule has 0 fully saturated rings. The summed E-state index contributed by atoms with van der Waals surface area (Å²) in [5, 5.41) is 16.3. The van der Waals surface area contributed by atoms with Crippen molar-refractivity contribution in [3.05, 3.63) is 71.8 Å². The Hall–Kier alpha value is -2.17. The molecule has 1 unspecified atom stereocenters. The first kappa shape index (κ1) is 19.6. The first-order valence-electron chi connectivity index (χ1n) is 9.17. The number of hydrogen-bond donors (Lipinski definition) is 1. The predicted octanol–water partition coefficient (Wildman–Crippen LogP) is 5.01. The topological polar surface area (TPSA) is 50.9 Å². The van der Waals surface area contributed by atoms with Gasteiger partial charge in [-0.25, -0.2) is 4.98 Å². The lowest BCUT2D eigenvalue weighted by Gasteiger charge is -2.40. The first-order valence-corrected chi connectivity index (χ1v) is 9.55. The Kier molecular flexibility index (Phi) is 5.68. The van der Waals surface area contributed by atoms with E-state index in [1.165, 1.54) is 11.9 Å². The van der Waals surface area contributed by atoms with Crippen LogP contribution in [0.25, 0.3) is 11.1 Å². The Bertz CT molecular complexity index is 869. The number of nitrogens with zero attached hydrogens (tertiary/aromatic N) is 3. The minimum atomic E-state index is -0.887. The van der Waals surface area contributed by atoms with Gasteiger partial charge in [-0.2, -0.15) is 5.10 Å². The second-order valence-electron chi connectivity index (χ2n) is 8.05. The SMILES string of the molecule is CC(C)(C)C(O)(CCc1ccc(-c2ccccc2Cl)cc1)Cn1cncn1. The van der Waals surface area contributed by atoms with E-state index in [0.29, 0.717) is 13.0 Å². The van der Waals surface area contributed by atoms with Crippen molar-refractivity contribution in [3.63, 3.8) is 0 Å². The van der Waals surface area contributed by atoms with E-state index in [-0.39, 0.29) is 5.41 Å². The van der Waals surface area contributed by atoms with Crippen LogP contribution in [0.2, 0.25) is 5.02 Å². The fourth-order valence-electron chi connectivity index (χ4n) is 3.17. The summed E-state index contributed by atoms with van der Waals surface area (Å²) in [5.74, 6) is 0. The van der Waals surface area contributed by atoms with Gasteiger partial charge in [0.15, 0.2) is 0 Å². The number of aliphatic hydroxyl groups is 1. The van der Waals surface area contributed by atoms with Crippen molar-refractivity contribution in [3.8, 4) is 11.1 Å². The molecule has 0 aliphatic heterocycles. The maximum Gasteiger partial charge on any atom is 0.137 e. The molecule has 0 amide bonds. The summed E-state index contributed by atoms with van der Waals surface area (Å²) in [4.78, 5) is 3.98. The van der Waals surface area contributed by atoms with Crippen LogP contribution in [-0.4, -0.2) is 25.5 Å². The molecule has 0 radical (unpaired) electrons. The molecular weight excluding hydrogens is 358 g/mol. The van der Waals surface area contributed by atoms with Crippen molar-refractivity contribution in [1.82, 2.24) is 14.8 Å². The smallest absolute Gasteiger partial charge is 0.137 e. The molecule has 3 aromatic rings. The molecule has 0 aliphatic carbocycles. The van der Waals surface area contributed by atoms with Crippen LogP contribution >= 0.6 is 11.6 Å². The minimum Gasteiger partial charge on any atom is -0.387 e. The van der Waals surface area contributed by atoms with Crippen LogP contribution in [0.3, 0.4) is 0 Å². The third-order valence-electron chi connectivity index (χ3n) is 5.25. The van der Waals surface area contributed by atoms with E-state index in [1.807, 2.05) is 24.3 Å². The highest BCUT2D eigenvalue weighted by Crippen LogP contribution is 2.36. The fourth-order valence-corrected chi connectivity index (χ4v) is 3.42. The Morgan fingerprint density at radius 3 is 2.33 bits per heavy atom. The highest BCUT2D eigenvalue weighted by molar-refractivity contribution is 6.33. The average Bonchev–Trinajstić information content (AvgIpc) is 3.13. The number of aryl methyl sites for hydroxylation is 1. The minimum absolute atomic E-state index is 0.281. The van der Waals surface area contributed by atoms with Gasteiger partial charge in [0.25, 0.3) is 0 Å². The van der Waals surface area contributed by atoms with Crippen LogP contribution in [0.15, 0.2) is 61.2 Å². The third-order valence-corrected chi connectivity index (χ3v) is 5.58. The summed E-state index contributed by atoms with van der Waals surface area (Å²) in [6.45, 7) is 6.60. The molecule has 1 atom stereocenters. The van der Waals surface area contributed by atoms with E-state index in [2.05, 4.69) is 55.1 Å². The molecule has 3 rings (SSSR count). The lowest BCUT2D eigenvalue weighted by Crippen LogP contribution is -2.47. The second-order valence-corrected chi connectivity index (χ2v) is 8.46. The van der Waals surface area contributed by atoms with Gasteiger partial charge >= 0.3 is 0 Å². The maximum absolute atomic E-state index is 11.3. The summed E-state index contributed by atoms with van der Waals surface area (Å²) >= 11 is 6.29.